The fourth-order valence-corrected chi connectivity index (χ4v) is 3.40. The minimum Gasteiger partial charge on any atom is -0.368 e. The zero-order valence-corrected chi connectivity index (χ0v) is 12.7. The molecule has 1 aromatic heterocycles. The molecule has 1 N–H and O–H groups in total. The topological polar surface area (TPSA) is 45.2 Å². The second-order valence-electron chi connectivity index (χ2n) is 4.70. The van der Waals surface area contributed by atoms with Gasteiger partial charge in [-0.05, 0) is 19.4 Å². The van der Waals surface area contributed by atoms with E-state index in [2.05, 4.69) is 17.2 Å². The van der Waals surface area contributed by atoms with Gasteiger partial charge in [0.05, 0.1) is 5.56 Å². The maximum absolute atomic E-state index is 14.3. The van der Waals surface area contributed by atoms with Crippen molar-refractivity contribution in [2.45, 2.75) is 25.5 Å². The first-order valence-electron chi connectivity index (χ1n) is 6.96. The Kier molecular flexibility index (Phi) is 5.23. The lowest BCUT2D eigenvalue weighted by Crippen LogP contribution is -2.42. The predicted molar refractivity (Wildman–Crippen MR) is 80.8 cm³/mol. The lowest BCUT2D eigenvalue weighted by Gasteiger charge is -2.32. The quantitative estimate of drug-likeness (QED) is 0.928. The van der Waals surface area contributed by atoms with Crippen molar-refractivity contribution in [3.63, 3.8) is 0 Å². The van der Waals surface area contributed by atoms with Gasteiger partial charge in [0, 0.05) is 36.8 Å². The summed E-state index contributed by atoms with van der Waals surface area (Å²) in [4.78, 5) is 18.1. The molecule has 4 nitrogen and oxygen atoms in total. The molecule has 0 aromatic carbocycles. The van der Waals surface area contributed by atoms with Gasteiger partial charge >= 0.3 is 0 Å². The van der Waals surface area contributed by atoms with E-state index in [0.29, 0.717) is 24.9 Å². The van der Waals surface area contributed by atoms with E-state index < -0.39 is 5.82 Å². The number of carbonyl (C=O) groups excluding carboxylic acids is 1. The van der Waals surface area contributed by atoms with Gasteiger partial charge in [-0.25, -0.2) is 9.37 Å². The number of hydrogen-bond acceptors (Lipinski definition) is 4. The highest BCUT2D eigenvalue weighted by atomic mass is 32.2. The summed E-state index contributed by atoms with van der Waals surface area (Å²) in [5.74, 6) is 0.280. The molecule has 1 fully saturated rings. The molecular formula is C14H20FN3OS. The number of hydrogen-bond donors (Lipinski definition) is 1. The van der Waals surface area contributed by atoms with Gasteiger partial charge in [-0.1, -0.05) is 6.92 Å². The van der Waals surface area contributed by atoms with E-state index in [-0.39, 0.29) is 17.3 Å². The molecular weight excluding hydrogens is 277 g/mol. The van der Waals surface area contributed by atoms with Gasteiger partial charge in [0.1, 0.15) is 0 Å². The third-order valence-corrected chi connectivity index (χ3v) is 4.72. The Morgan fingerprint density at radius 3 is 3.10 bits per heavy atom. The normalized spacial score (nSPS) is 18.9. The summed E-state index contributed by atoms with van der Waals surface area (Å²) in [7, 11) is 0. The highest BCUT2D eigenvalue weighted by molar-refractivity contribution is 8.00. The fourth-order valence-electron chi connectivity index (χ4n) is 2.22. The Labute approximate surface area is 123 Å². The van der Waals surface area contributed by atoms with Crippen LogP contribution in [0.2, 0.25) is 0 Å². The Hall–Kier alpha value is -1.30. The van der Waals surface area contributed by atoms with Crippen LogP contribution in [0.25, 0.3) is 0 Å². The summed E-state index contributed by atoms with van der Waals surface area (Å²) in [5.41, 5.74) is 0.109. The Morgan fingerprint density at radius 1 is 1.60 bits per heavy atom. The average Bonchev–Trinajstić information content (AvgIpc) is 2.49. The second-order valence-corrected chi connectivity index (χ2v) is 6.11. The molecule has 1 amide bonds. The lowest BCUT2D eigenvalue weighted by molar-refractivity contribution is 0.0756. The largest absolute Gasteiger partial charge is 0.368 e. The molecule has 0 aliphatic carbocycles. The number of thioether (sulfide) groups is 1. The lowest BCUT2D eigenvalue weighted by atomic mass is 10.2. The molecule has 2 heterocycles. The summed E-state index contributed by atoms with van der Waals surface area (Å²) in [6.45, 7) is 5.92. The molecule has 0 bridgehead atoms. The number of rotatable bonds is 4. The van der Waals surface area contributed by atoms with Gasteiger partial charge < -0.3 is 10.2 Å². The van der Waals surface area contributed by atoms with Crippen molar-refractivity contribution < 1.29 is 9.18 Å². The van der Waals surface area contributed by atoms with Gasteiger partial charge in [0.2, 0.25) is 0 Å². The number of pyridine rings is 1. The van der Waals surface area contributed by atoms with Gasteiger partial charge in [-0.15, -0.1) is 0 Å². The number of aromatic nitrogens is 1. The molecule has 1 aliphatic heterocycles. The standard InChI is InChI=1S/C14H20FN3OS/c1-3-10-9-18(7-8-20-10)14(19)11-5-6-17-13(12(11)15)16-4-2/h5-6,10H,3-4,7-9H2,1-2H3,(H,16,17). The minimum atomic E-state index is -0.550. The van der Waals surface area contributed by atoms with E-state index in [1.807, 2.05) is 18.7 Å². The van der Waals surface area contributed by atoms with Crippen molar-refractivity contribution in [2.24, 2.45) is 0 Å². The van der Waals surface area contributed by atoms with Crippen LogP contribution in [0, 0.1) is 5.82 Å². The summed E-state index contributed by atoms with van der Waals surface area (Å²) in [6, 6.07) is 1.46. The number of anilines is 1. The number of carbonyl (C=O) groups is 1. The van der Waals surface area contributed by atoms with Crippen LogP contribution in [0.15, 0.2) is 12.3 Å². The molecule has 6 heteroatoms. The van der Waals surface area contributed by atoms with Gasteiger partial charge in [-0.2, -0.15) is 11.8 Å². The van der Waals surface area contributed by atoms with Crippen molar-refractivity contribution in [3.8, 4) is 0 Å². The molecule has 110 valence electrons. The molecule has 0 spiro atoms. The van der Waals surface area contributed by atoms with E-state index in [1.54, 1.807) is 4.90 Å². The zero-order chi connectivity index (χ0) is 14.5. The highest BCUT2D eigenvalue weighted by Crippen LogP contribution is 2.24. The van der Waals surface area contributed by atoms with Crippen molar-refractivity contribution >= 4 is 23.5 Å². The van der Waals surface area contributed by atoms with Crippen molar-refractivity contribution in [1.29, 1.82) is 0 Å². The number of halogens is 1. The van der Waals surface area contributed by atoms with E-state index in [0.717, 1.165) is 12.2 Å². The third-order valence-electron chi connectivity index (χ3n) is 3.35. The van der Waals surface area contributed by atoms with E-state index in [1.165, 1.54) is 12.3 Å². The van der Waals surface area contributed by atoms with Crippen LogP contribution in [-0.2, 0) is 0 Å². The molecule has 0 saturated carbocycles. The molecule has 0 radical (unpaired) electrons. The summed E-state index contributed by atoms with van der Waals surface area (Å²) in [5, 5.41) is 3.28. The first-order chi connectivity index (χ1) is 9.67. The maximum atomic E-state index is 14.3. The van der Waals surface area contributed by atoms with Crippen LogP contribution in [0.3, 0.4) is 0 Å². The highest BCUT2D eigenvalue weighted by Gasteiger charge is 2.26. The molecule has 1 aliphatic rings. The smallest absolute Gasteiger partial charge is 0.257 e. The summed E-state index contributed by atoms with van der Waals surface area (Å²) < 4.78 is 14.3. The third kappa shape index (κ3) is 3.23. The van der Waals surface area contributed by atoms with E-state index in [4.69, 9.17) is 0 Å². The van der Waals surface area contributed by atoms with Crippen LogP contribution in [0.4, 0.5) is 10.2 Å². The zero-order valence-electron chi connectivity index (χ0n) is 11.9. The second kappa shape index (κ2) is 6.92. The summed E-state index contributed by atoms with van der Waals surface area (Å²) >= 11 is 1.88. The maximum Gasteiger partial charge on any atom is 0.257 e. The molecule has 2 rings (SSSR count). The summed E-state index contributed by atoms with van der Waals surface area (Å²) in [6.07, 6.45) is 2.50. The minimum absolute atomic E-state index is 0.109. The molecule has 1 unspecified atom stereocenters. The number of nitrogens with zero attached hydrogens (tertiary/aromatic N) is 2. The van der Waals surface area contributed by atoms with Gasteiger partial charge in [0.15, 0.2) is 11.6 Å². The Morgan fingerprint density at radius 2 is 2.40 bits per heavy atom. The fraction of sp³-hybridized carbons (Fsp3) is 0.571. The van der Waals surface area contributed by atoms with Crippen LogP contribution < -0.4 is 5.32 Å². The van der Waals surface area contributed by atoms with E-state index >= 15 is 0 Å². The van der Waals surface area contributed by atoms with Gasteiger partial charge in [0.25, 0.3) is 5.91 Å². The van der Waals surface area contributed by atoms with Crippen molar-refractivity contribution in [2.75, 3.05) is 30.7 Å². The first kappa shape index (κ1) is 15.1. The molecule has 1 atom stereocenters. The van der Waals surface area contributed by atoms with Crippen molar-refractivity contribution in [1.82, 2.24) is 9.88 Å². The van der Waals surface area contributed by atoms with Crippen LogP contribution in [0.5, 0.6) is 0 Å². The molecule has 1 aromatic rings. The first-order valence-corrected chi connectivity index (χ1v) is 8.01. The monoisotopic (exact) mass is 297 g/mol. The van der Waals surface area contributed by atoms with Crippen molar-refractivity contribution in [3.05, 3.63) is 23.6 Å². The number of nitrogens with one attached hydrogen (secondary N) is 1. The van der Waals surface area contributed by atoms with Gasteiger partial charge in [-0.3, -0.25) is 4.79 Å². The van der Waals surface area contributed by atoms with Crippen LogP contribution in [0.1, 0.15) is 30.6 Å². The SMILES string of the molecule is CCNc1nccc(C(=O)N2CCSC(CC)C2)c1F. The Bertz CT molecular complexity index is 483. The molecule has 20 heavy (non-hydrogen) atoms. The van der Waals surface area contributed by atoms with Crippen LogP contribution >= 0.6 is 11.8 Å². The Balaban J connectivity index is 2.18. The number of amides is 1. The molecule has 1 saturated heterocycles. The average molecular weight is 297 g/mol. The van der Waals surface area contributed by atoms with Crippen LogP contribution in [-0.4, -0.2) is 46.4 Å². The van der Waals surface area contributed by atoms with E-state index in [9.17, 15) is 9.18 Å². The predicted octanol–water partition coefficient (Wildman–Crippen LogP) is 2.62.